The molecule has 1 unspecified atom stereocenters. The molecule has 0 aliphatic carbocycles. The molecule has 6 nitrogen and oxygen atoms in total. The highest BCUT2D eigenvalue weighted by molar-refractivity contribution is 7.80. The Bertz CT molecular complexity index is 1130. The van der Waals surface area contributed by atoms with Gasteiger partial charge in [0, 0.05) is 24.7 Å². The average Bonchev–Trinajstić information content (AvgIpc) is 3.34. The lowest BCUT2D eigenvalue weighted by molar-refractivity contribution is -0.137. The van der Waals surface area contributed by atoms with E-state index in [1.807, 2.05) is 0 Å². The highest BCUT2D eigenvalue weighted by Crippen LogP contribution is 2.33. The number of carbonyl (C=O) groups is 1. The highest BCUT2D eigenvalue weighted by Gasteiger charge is 2.31. The van der Waals surface area contributed by atoms with Crippen molar-refractivity contribution in [2.75, 3.05) is 12.3 Å². The third kappa shape index (κ3) is 6.64. The Labute approximate surface area is 199 Å². The number of nitrogens with zero attached hydrogens (tertiary/aromatic N) is 1. The number of nitrogens with one attached hydrogen (secondary N) is 1. The van der Waals surface area contributed by atoms with E-state index in [0.29, 0.717) is 46.5 Å². The highest BCUT2D eigenvalue weighted by atomic mass is 32.1. The van der Waals surface area contributed by atoms with Gasteiger partial charge in [-0.2, -0.15) is 13.2 Å². The van der Waals surface area contributed by atoms with E-state index in [1.165, 1.54) is 18.4 Å². The number of anilines is 1. The zero-order valence-electron chi connectivity index (χ0n) is 18.1. The van der Waals surface area contributed by atoms with Crippen LogP contribution < -0.4 is 11.1 Å². The second kappa shape index (κ2) is 11.3. The molecule has 2 aromatic carbocycles. The number of alkyl halides is 3. The normalized spacial score (nSPS) is 12.4. The summed E-state index contributed by atoms with van der Waals surface area (Å²) in [6.07, 6.45) is -2.25. The van der Waals surface area contributed by atoms with Crippen molar-refractivity contribution in [2.24, 2.45) is 0 Å². The van der Waals surface area contributed by atoms with E-state index in [1.54, 1.807) is 24.3 Å². The molecule has 3 aromatic rings. The fraction of sp³-hybridized carbons (Fsp3) is 0.292. The molecule has 180 valence electrons. The van der Waals surface area contributed by atoms with E-state index in [4.69, 9.17) is 18.0 Å². The van der Waals surface area contributed by atoms with Crippen molar-refractivity contribution in [2.45, 2.75) is 38.0 Å². The summed E-state index contributed by atoms with van der Waals surface area (Å²) in [5.74, 6) is -0.821. The van der Waals surface area contributed by atoms with E-state index in [0.717, 1.165) is 12.1 Å². The van der Waals surface area contributed by atoms with Gasteiger partial charge in [-0.1, -0.05) is 47.7 Å². The van der Waals surface area contributed by atoms with Crippen molar-refractivity contribution in [3.8, 4) is 0 Å². The SMILES string of the molecule is Nc1cccc(CO)c1CC(=S)CC(CCNC(=O)c1ccon1)c1cccc(C(F)(F)F)c1. The summed E-state index contributed by atoms with van der Waals surface area (Å²) >= 11 is 5.58. The van der Waals surface area contributed by atoms with Crippen molar-refractivity contribution in [3.05, 3.63) is 82.7 Å². The van der Waals surface area contributed by atoms with Crippen LogP contribution in [0.4, 0.5) is 18.9 Å². The molecule has 0 aliphatic rings. The molecule has 10 heteroatoms. The third-order valence-corrected chi connectivity index (χ3v) is 5.77. The molecule has 0 radical (unpaired) electrons. The molecule has 34 heavy (non-hydrogen) atoms. The predicted molar refractivity (Wildman–Crippen MR) is 125 cm³/mol. The van der Waals surface area contributed by atoms with Crippen LogP contribution in [0.2, 0.25) is 0 Å². The van der Waals surface area contributed by atoms with Crippen LogP contribution in [0.25, 0.3) is 0 Å². The number of hydrogen-bond acceptors (Lipinski definition) is 6. The Hall–Kier alpha value is -3.24. The lowest BCUT2D eigenvalue weighted by Gasteiger charge is -2.20. The smallest absolute Gasteiger partial charge is 0.398 e. The minimum Gasteiger partial charge on any atom is -0.398 e. The lowest BCUT2D eigenvalue weighted by atomic mass is 9.88. The van der Waals surface area contributed by atoms with Gasteiger partial charge >= 0.3 is 6.18 Å². The molecule has 1 aromatic heterocycles. The number of thiocarbonyl (C=S) groups is 1. The summed E-state index contributed by atoms with van der Waals surface area (Å²) in [5, 5.41) is 15.9. The first-order valence-electron chi connectivity index (χ1n) is 10.5. The van der Waals surface area contributed by atoms with Crippen LogP contribution in [0.3, 0.4) is 0 Å². The molecule has 0 aliphatic heterocycles. The number of nitrogen functional groups attached to an aromatic ring is 1. The first kappa shape index (κ1) is 25.4. The topological polar surface area (TPSA) is 101 Å². The average molecular weight is 492 g/mol. The molecule has 1 heterocycles. The Balaban J connectivity index is 1.77. The monoisotopic (exact) mass is 491 g/mol. The fourth-order valence-corrected chi connectivity index (χ4v) is 4.04. The molecule has 0 spiro atoms. The third-order valence-electron chi connectivity index (χ3n) is 5.46. The van der Waals surface area contributed by atoms with E-state index >= 15 is 0 Å². The molecule has 0 bridgehead atoms. The van der Waals surface area contributed by atoms with Gasteiger partial charge in [0.2, 0.25) is 0 Å². The van der Waals surface area contributed by atoms with Crippen LogP contribution in [0.5, 0.6) is 0 Å². The van der Waals surface area contributed by atoms with E-state index in [-0.39, 0.29) is 24.8 Å². The predicted octanol–water partition coefficient (Wildman–Crippen LogP) is 4.67. The van der Waals surface area contributed by atoms with Gasteiger partial charge in [0.1, 0.15) is 6.26 Å². The number of aromatic nitrogens is 1. The second-order valence-corrected chi connectivity index (χ2v) is 8.39. The van der Waals surface area contributed by atoms with Gasteiger partial charge in [-0.3, -0.25) is 4.79 Å². The maximum Gasteiger partial charge on any atom is 0.416 e. The van der Waals surface area contributed by atoms with Gasteiger partial charge in [0.25, 0.3) is 5.91 Å². The van der Waals surface area contributed by atoms with E-state index in [9.17, 15) is 23.1 Å². The number of hydrogen-bond donors (Lipinski definition) is 3. The standard InChI is InChI=1S/C24H24F3N3O3S/c25-24(26,27)18-5-1-3-15(11-18)16(7-9-29-23(32)22-8-10-33-30-22)12-19(34)13-20-17(14-31)4-2-6-21(20)28/h1-6,8,10-11,16,31H,7,9,12-14,28H2,(H,29,32). The summed E-state index contributed by atoms with van der Waals surface area (Å²) in [6, 6.07) is 11.7. The van der Waals surface area contributed by atoms with Crippen molar-refractivity contribution in [3.63, 3.8) is 0 Å². The van der Waals surface area contributed by atoms with E-state index < -0.39 is 17.6 Å². The van der Waals surface area contributed by atoms with Crippen LogP contribution >= 0.6 is 12.2 Å². The number of nitrogens with two attached hydrogens (primary N) is 1. The summed E-state index contributed by atoms with van der Waals surface area (Å²) in [4.78, 5) is 12.7. The minimum absolute atomic E-state index is 0.113. The van der Waals surface area contributed by atoms with Gasteiger partial charge < -0.3 is 20.7 Å². The Morgan fingerprint density at radius 3 is 2.65 bits per heavy atom. The van der Waals surface area contributed by atoms with Crippen LogP contribution in [-0.4, -0.2) is 27.6 Å². The van der Waals surface area contributed by atoms with Crippen LogP contribution in [0.1, 0.15) is 51.5 Å². The van der Waals surface area contributed by atoms with Crippen LogP contribution in [0.15, 0.2) is 59.3 Å². The molecule has 0 saturated heterocycles. The lowest BCUT2D eigenvalue weighted by Crippen LogP contribution is -2.26. The summed E-state index contributed by atoms with van der Waals surface area (Å²) < 4.78 is 44.5. The van der Waals surface area contributed by atoms with E-state index in [2.05, 4.69) is 15.0 Å². The maximum absolute atomic E-state index is 13.3. The Morgan fingerprint density at radius 1 is 1.21 bits per heavy atom. The molecule has 1 atom stereocenters. The van der Waals surface area contributed by atoms with Crippen molar-refractivity contribution < 1.29 is 27.6 Å². The van der Waals surface area contributed by atoms with Gasteiger partial charge in [-0.05, 0) is 52.4 Å². The number of amides is 1. The summed E-state index contributed by atoms with van der Waals surface area (Å²) in [6.45, 7) is -0.00128. The van der Waals surface area contributed by atoms with Gasteiger partial charge in [0.15, 0.2) is 5.69 Å². The number of benzene rings is 2. The maximum atomic E-state index is 13.3. The van der Waals surface area contributed by atoms with Crippen molar-refractivity contribution >= 4 is 28.7 Å². The largest absolute Gasteiger partial charge is 0.416 e. The van der Waals surface area contributed by atoms with Gasteiger partial charge in [-0.15, -0.1) is 0 Å². The molecule has 0 saturated carbocycles. The molecular formula is C24H24F3N3O3S. The second-order valence-electron chi connectivity index (χ2n) is 7.81. The minimum atomic E-state index is -4.48. The van der Waals surface area contributed by atoms with Crippen molar-refractivity contribution in [1.29, 1.82) is 0 Å². The quantitative estimate of drug-likeness (QED) is 0.281. The molecule has 4 N–H and O–H groups in total. The Kier molecular flexibility index (Phi) is 8.41. The summed E-state index contributed by atoms with van der Waals surface area (Å²) in [7, 11) is 0. The number of rotatable bonds is 10. The van der Waals surface area contributed by atoms with Crippen molar-refractivity contribution in [1.82, 2.24) is 10.5 Å². The molecule has 3 rings (SSSR count). The number of carbonyl (C=O) groups excluding carboxylic acids is 1. The Morgan fingerprint density at radius 2 is 1.97 bits per heavy atom. The number of aliphatic hydroxyl groups is 1. The van der Waals surface area contributed by atoms with Gasteiger partial charge in [-0.25, -0.2) is 0 Å². The summed E-state index contributed by atoms with van der Waals surface area (Å²) in [5.41, 5.74) is 7.74. The molecule has 0 fully saturated rings. The zero-order valence-corrected chi connectivity index (χ0v) is 19.0. The fourth-order valence-electron chi connectivity index (χ4n) is 3.70. The molecule has 1 amide bonds. The number of halogens is 3. The molecular weight excluding hydrogens is 467 g/mol. The first-order chi connectivity index (χ1) is 16.2. The first-order valence-corrected chi connectivity index (χ1v) is 10.9. The van der Waals surface area contributed by atoms with Gasteiger partial charge in [0.05, 0.1) is 12.2 Å². The zero-order chi connectivity index (χ0) is 24.7. The van der Waals surface area contributed by atoms with Crippen LogP contribution in [0, 0.1) is 0 Å². The van der Waals surface area contributed by atoms with Crippen LogP contribution in [-0.2, 0) is 19.2 Å². The number of aliphatic hydroxyl groups excluding tert-OH is 1.